The number of hydrogen-bond donors (Lipinski definition) is 2. The third-order valence-corrected chi connectivity index (χ3v) is 2.66. The standard InChI is InChI=1S/C12H16N2O3/c1-7-4-5-10(8(2)9(7)6-13)14-11(15)12(16)17-3/h4-5H,6,13H2,1-3H3,(H,14,15). The second-order valence-corrected chi connectivity index (χ2v) is 3.68. The fourth-order valence-electron chi connectivity index (χ4n) is 1.61. The normalized spacial score (nSPS) is 9.88. The van der Waals surface area contributed by atoms with Gasteiger partial charge in [0.05, 0.1) is 7.11 Å². The lowest BCUT2D eigenvalue weighted by Gasteiger charge is -2.13. The molecule has 0 spiro atoms. The van der Waals surface area contributed by atoms with Gasteiger partial charge in [0.1, 0.15) is 0 Å². The van der Waals surface area contributed by atoms with E-state index in [2.05, 4.69) is 10.1 Å². The summed E-state index contributed by atoms with van der Waals surface area (Å²) in [6, 6.07) is 3.59. The number of esters is 1. The van der Waals surface area contributed by atoms with Crippen LogP contribution in [0.15, 0.2) is 12.1 Å². The highest BCUT2D eigenvalue weighted by Crippen LogP contribution is 2.22. The molecule has 0 unspecified atom stereocenters. The lowest BCUT2D eigenvalue weighted by molar-refractivity contribution is -0.150. The molecule has 1 aromatic rings. The van der Waals surface area contributed by atoms with Crippen LogP contribution in [-0.2, 0) is 20.9 Å². The summed E-state index contributed by atoms with van der Waals surface area (Å²) in [5.74, 6) is -1.71. The smallest absolute Gasteiger partial charge is 0.396 e. The number of amides is 1. The summed E-state index contributed by atoms with van der Waals surface area (Å²) in [6.07, 6.45) is 0. The van der Waals surface area contributed by atoms with Gasteiger partial charge in [0.2, 0.25) is 0 Å². The maximum atomic E-state index is 11.4. The summed E-state index contributed by atoms with van der Waals surface area (Å²) in [7, 11) is 1.16. The molecule has 0 heterocycles. The zero-order valence-electron chi connectivity index (χ0n) is 10.2. The van der Waals surface area contributed by atoms with E-state index in [-0.39, 0.29) is 0 Å². The van der Waals surface area contributed by atoms with Gasteiger partial charge in [-0.05, 0) is 36.6 Å². The van der Waals surface area contributed by atoms with Crippen LogP contribution >= 0.6 is 0 Å². The van der Waals surface area contributed by atoms with Crippen molar-refractivity contribution < 1.29 is 14.3 Å². The van der Waals surface area contributed by atoms with Crippen molar-refractivity contribution in [2.45, 2.75) is 20.4 Å². The summed E-state index contributed by atoms with van der Waals surface area (Å²) in [4.78, 5) is 22.4. The van der Waals surface area contributed by atoms with E-state index in [1.165, 1.54) is 0 Å². The Labute approximate surface area is 99.9 Å². The maximum Gasteiger partial charge on any atom is 0.396 e. The number of aryl methyl sites for hydroxylation is 1. The molecule has 17 heavy (non-hydrogen) atoms. The van der Waals surface area contributed by atoms with Gasteiger partial charge in [0, 0.05) is 12.2 Å². The first-order valence-electron chi connectivity index (χ1n) is 5.19. The Morgan fingerprint density at radius 2 is 2.00 bits per heavy atom. The van der Waals surface area contributed by atoms with Gasteiger partial charge in [0.15, 0.2) is 0 Å². The first-order chi connectivity index (χ1) is 8.01. The predicted octanol–water partition coefficient (Wildman–Crippen LogP) is 0.874. The Morgan fingerprint density at radius 3 is 2.53 bits per heavy atom. The van der Waals surface area contributed by atoms with Gasteiger partial charge in [-0.1, -0.05) is 6.07 Å². The second-order valence-electron chi connectivity index (χ2n) is 3.68. The number of carbonyl (C=O) groups excluding carboxylic acids is 2. The highest BCUT2D eigenvalue weighted by atomic mass is 16.5. The van der Waals surface area contributed by atoms with Crippen LogP contribution in [0.5, 0.6) is 0 Å². The summed E-state index contributed by atoms with van der Waals surface area (Å²) in [6.45, 7) is 4.18. The zero-order valence-corrected chi connectivity index (χ0v) is 10.2. The van der Waals surface area contributed by atoms with Crippen molar-refractivity contribution in [3.05, 3.63) is 28.8 Å². The van der Waals surface area contributed by atoms with E-state index in [4.69, 9.17) is 5.73 Å². The number of carbonyl (C=O) groups is 2. The Kier molecular flexibility index (Phi) is 4.23. The molecule has 0 saturated carbocycles. The van der Waals surface area contributed by atoms with Gasteiger partial charge >= 0.3 is 11.9 Å². The van der Waals surface area contributed by atoms with Gasteiger partial charge in [-0.2, -0.15) is 0 Å². The van der Waals surface area contributed by atoms with Crippen LogP contribution in [0.1, 0.15) is 16.7 Å². The van der Waals surface area contributed by atoms with Crippen molar-refractivity contribution in [1.29, 1.82) is 0 Å². The minimum Gasteiger partial charge on any atom is -0.462 e. The minimum absolute atomic E-state index is 0.388. The van der Waals surface area contributed by atoms with E-state index in [0.717, 1.165) is 23.8 Å². The number of benzene rings is 1. The summed E-state index contributed by atoms with van der Waals surface area (Å²) in [5, 5.41) is 2.49. The third kappa shape index (κ3) is 2.82. The number of hydrogen-bond acceptors (Lipinski definition) is 4. The number of nitrogens with one attached hydrogen (secondary N) is 1. The lowest BCUT2D eigenvalue weighted by atomic mass is 10.0. The van der Waals surface area contributed by atoms with Gasteiger partial charge in [-0.25, -0.2) is 4.79 Å². The van der Waals surface area contributed by atoms with E-state index in [1.807, 2.05) is 19.9 Å². The monoisotopic (exact) mass is 236 g/mol. The Morgan fingerprint density at radius 1 is 1.35 bits per heavy atom. The largest absolute Gasteiger partial charge is 0.462 e. The van der Waals surface area contributed by atoms with E-state index in [9.17, 15) is 9.59 Å². The quantitative estimate of drug-likeness (QED) is 0.589. The van der Waals surface area contributed by atoms with Crippen molar-refractivity contribution in [1.82, 2.24) is 0 Å². The molecule has 0 aliphatic heterocycles. The molecule has 0 radical (unpaired) electrons. The minimum atomic E-state index is -0.917. The van der Waals surface area contributed by atoms with Crippen LogP contribution < -0.4 is 11.1 Å². The van der Waals surface area contributed by atoms with E-state index in [0.29, 0.717) is 12.2 Å². The number of anilines is 1. The SMILES string of the molecule is COC(=O)C(=O)Nc1ccc(C)c(CN)c1C. The first kappa shape index (κ1) is 13.2. The van der Waals surface area contributed by atoms with Gasteiger partial charge in [-0.15, -0.1) is 0 Å². The van der Waals surface area contributed by atoms with E-state index in [1.54, 1.807) is 6.07 Å². The molecule has 0 atom stereocenters. The van der Waals surface area contributed by atoms with Crippen molar-refractivity contribution >= 4 is 17.6 Å². The number of rotatable bonds is 2. The zero-order chi connectivity index (χ0) is 13.0. The fraction of sp³-hybridized carbons (Fsp3) is 0.333. The van der Waals surface area contributed by atoms with Crippen molar-refractivity contribution in [3.63, 3.8) is 0 Å². The molecule has 5 nitrogen and oxygen atoms in total. The molecule has 0 aromatic heterocycles. The molecular weight excluding hydrogens is 220 g/mol. The Balaban J connectivity index is 3.01. The highest BCUT2D eigenvalue weighted by molar-refractivity contribution is 6.37. The van der Waals surface area contributed by atoms with Crippen molar-refractivity contribution in [2.75, 3.05) is 12.4 Å². The van der Waals surface area contributed by atoms with Crippen LogP contribution in [0.3, 0.4) is 0 Å². The Bertz CT molecular complexity index is 455. The number of methoxy groups -OCH3 is 1. The van der Waals surface area contributed by atoms with Gasteiger partial charge < -0.3 is 15.8 Å². The van der Waals surface area contributed by atoms with Crippen molar-refractivity contribution in [3.8, 4) is 0 Å². The average molecular weight is 236 g/mol. The molecule has 5 heteroatoms. The van der Waals surface area contributed by atoms with Crippen LogP contribution in [0.4, 0.5) is 5.69 Å². The molecule has 92 valence electrons. The molecule has 3 N–H and O–H groups in total. The average Bonchev–Trinajstić information content (AvgIpc) is 2.32. The van der Waals surface area contributed by atoms with Crippen LogP contribution in [-0.4, -0.2) is 19.0 Å². The highest BCUT2D eigenvalue weighted by Gasteiger charge is 2.15. The summed E-state index contributed by atoms with van der Waals surface area (Å²) < 4.78 is 4.33. The molecule has 0 aliphatic rings. The topological polar surface area (TPSA) is 81.4 Å². The van der Waals surface area contributed by atoms with Crippen LogP contribution in [0.2, 0.25) is 0 Å². The molecule has 0 aliphatic carbocycles. The maximum absolute atomic E-state index is 11.4. The second kappa shape index (κ2) is 5.45. The van der Waals surface area contributed by atoms with Gasteiger partial charge in [0.25, 0.3) is 0 Å². The summed E-state index contributed by atoms with van der Waals surface area (Å²) >= 11 is 0. The lowest BCUT2D eigenvalue weighted by Crippen LogP contribution is -2.24. The van der Waals surface area contributed by atoms with Crippen molar-refractivity contribution in [2.24, 2.45) is 5.73 Å². The predicted molar refractivity (Wildman–Crippen MR) is 64.5 cm³/mol. The van der Waals surface area contributed by atoms with Gasteiger partial charge in [-0.3, -0.25) is 4.79 Å². The van der Waals surface area contributed by atoms with Crippen LogP contribution in [0, 0.1) is 13.8 Å². The third-order valence-electron chi connectivity index (χ3n) is 2.66. The number of ether oxygens (including phenoxy) is 1. The van der Waals surface area contributed by atoms with E-state index >= 15 is 0 Å². The summed E-state index contributed by atoms with van der Waals surface area (Å²) in [5.41, 5.74) is 9.10. The van der Waals surface area contributed by atoms with Crippen LogP contribution in [0.25, 0.3) is 0 Å². The molecule has 1 rings (SSSR count). The molecule has 1 aromatic carbocycles. The molecule has 0 fully saturated rings. The Hall–Kier alpha value is -1.88. The molecular formula is C12H16N2O3. The number of nitrogens with two attached hydrogens (primary N) is 1. The van der Waals surface area contributed by atoms with E-state index < -0.39 is 11.9 Å². The molecule has 1 amide bonds. The first-order valence-corrected chi connectivity index (χ1v) is 5.19. The fourth-order valence-corrected chi connectivity index (χ4v) is 1.61. The molecule has 0 saturated heterocycles. The molecule has 0 bridgehead atoms.